The number of nitrogens with zero attached hydrogens (tertiary/aromatic N) is 3. The summed E-state index contributed by atoms with van der Waals surface area (Å²) in [6.45, 7) is 3.99. The Morgan fingerprint density at radius 1 is 1.13 bits per heavy atom. The zero-order valence-electron chi connectivity index (χ0n) is 21.6. The van der Waals surface area contributed by atoms with Crippen LogP contribution in [0.1, 0.15) is 37.8 Å². The molecule has 1 unspecified atom stereocenters. The van der Waals surface area contributed by atoms with E-state index in [1.165, 1.54) is 19.2 Å². The molecule has 4 N–H and O–H groups in total. The number of aliphatic carboxylic acids is 1. The van der Waals surface area contributed by atoms with E-state index in [1.807, 2.05) is 44.2 Å². The lowest BCUT2D eigenvalue weighted by Gasteiger charge is -2.20. The molecule has 0 aliphatic rings. The number of aromatic nitrogens is 2. The van der Waals surface area contributed by atoms with Gasteiger partial charge in [0.25, 0.3) is 5.91 Å². The predicted octanol–water partition coefficient (Wildman–Crippen LogP) is 3.90. The van der Waals surface area contributed by atoms with E-state index < -0.39 is 41.1 Å². The SMILES string of the molecule is CC(C)C(N)C(=O)N[C@H](/C=C/C(=O)N(C)c1nnc(C(F)(F)F)s1)CCc1ccccc1.CC(F)(F)C(=O)O. The van der Waals surface area contributed by atoms with Gasteiger partial charge in [-0.15, -0.1) is 10.2 Å². The van der Waals surface area contributed by atoms with Crippen LogP contribution in [0, 0.1) is 5.92 Å². The summed E-state index contributed by atoms with van der Waals surface area (Å²) in [5.41, 5.74) is 6.98. The molecule has 2 atom stereocenters. The molecule has 216 valence electrons. The van der Waals surface area contributed by atoms with Crippen molar-refractivity contribution in [3.05, 3.63) is 53.1 Å². The van der Waals surface area contributed by atoms with Crippen molar-refractivity contribution in [2.24, 2.45) is 11.7 Å². The summed E-state index contributed by atoms with van der Waals surface area (Å²) >= 11 is 0.274. The number of halogens is 5. The minimum atomic E-state index is -4.63. The van der Waals surface area contributed by atoms with Crippen molar-refractivity contribution >= 4 is 34.3 Å². The number of benzene rings is 1. The zero-order chi connectivity index (χ0) is 30.0. The van der Waals surface area contributed by atoms with Gasteiger partial charge < -0.3 is 16.2 Å². The van der Waals surface area contributed by atoms with Crippen LogP contribution >= 0.6 is 11.3 Å². The van der Waals surface area contributed by atoms with Crippen molar-refractivity contribution in [2.45, 2.75) is 57.8 Å². The Kier molecular flexibility index (Phi) is 12.6. The number of likely N-dealkylation sites (N-methyl/N-ethyl adjacent to an activating group) is 1. The van der Waals surface area contributed by atoms with Crippen molar-refractivity contribution in [2.75, 3.05) is 11.9 Å². The van der Waals surface area contributed by atoms with Gasteiger partial charge in [0.15, 0.2) is 0 Å². The number of alkyl halides is 5. The molecule has 2 amide bonds. The zero-order valence-corrected chi connectivity index (χ0v) is 22.4. The third-order valence-corrected chi connectivity index (χ3v) is 6.10. The number of carbonyl (C=O) groups is 3. The second-order valence-electron chi connectivity index (χ2n) is 8.75. The monoisotopic (exact) mass is 579 g/mol. The number of anilines is 1. The Balaban J connectivity index is 0.000000956. The summed E-state index contributed by atoms with van der Waals surface area (Å²) in [5.74, 6) is -6.68. The van der Waals surface area contributed by atoms with Crippen molar-refractivity contribution in [1.29, 1.82) is 0 Å². The molecule has 9 nitrogen and oxygen atoms in total. The van der Waals surface area contributed by atoms with E-state index in [0.29, 0.717) is 19.8 Å². The van der Waals surface area contributed by atoms with Gasteiger partial charge in [0, 0.05) is 26.1 Å². The molecule has 0 aliphatic heterocycles. The first-order valence-corrected chi connectivity index (χ1v) is 12.3. The van der Waals surface area contributed by atoms with Crippen molar-refractivity contribution < 1.29 is 41.4 Å². The predicted molar refractivity (Wildman–Crippen MR) is 135 cm³/mol. The molecule has 39 heavy (non-hydrogen) atoms. The van der Waals surface area contributed by atoms with E-state index in [-0.39, 0.29) is 28.3 Å². The molecule has 2 rings (SSSR count). The van der Waals surface area contributed by atoms with Gasteiger partial charge in [0.1, 0.15) is 0 Å². The van der Waals surface area contributed by atoms with Crippen LogP contribution in [0.4, 0.5) is 27.1 Å². The minimum Gasteiger partial charge on any atom is -0.477 e. The molecular weight excluding hydrogens is 549 g/mol. The minimum absolute atomic E-state index is 0.0678. The van der Waals surface area contributed by atoms with Crippen LogP contribution in [0.25, 0.3) is 0 Å². The maximum atomic E-state index is 12.7. The Morgan fingerprint density at radius 2 is 1.69 bits per heavy atom. The van der Waals surface area contributed by atoms with E-state index in [4.69, 9.17) is 10.8 Å². The third kappa shape index (κ3) is 11.9. The van der Waals surface area contributed by atoms with Gasteiger partial charge in [-0.05, 0) is 24.3 Å². The molecule has 15 heteroatoms. The number of carbonyl (C=O) groups excluding carboxylic acids is 2. The van der Waals surface area contributed by atoms with E-state index in [0.717, 1.165) is 10.5 Å². The Bertz CT molecular complexity index is 1120. The van der Waals surface area contributed by atoms with E-state index >= 15 is 0 Å². The maximum Gasteiger partial charge on any atom is 0.445 e. The second kappa shape index (κ2) is 14.6. The van der Waals surface area contributed by atoms with Gasteiger partial charge in [0.2, 0.25) is 16.0 Å². The first-order valence-electron chi connectivity index (χ1n) is 11.5. The molecule has 1 aromatic heterocycles. The molecule has 0 saturated heterocycles. The molecule has 1 heterocycles. The van der Waals surface area contributed by atoms with Crippen molar-refractivity contribution in [3.8, 4) is 0 Å². The van der Waals surface area contributed by atoms with Crippen LogP contribution in [-0.4, -0.2) is 58.1 Å². The van der Waals surface area contributed by atoms with E-state index in [2.05, 4.69) is 15.5 Å². The number of hydrogen-bond acceptors (Lipinski definition) is 7. The van der Waals surface area contributed by atoms with Crippen LogP contribution in [0.15, 0.2) is 42.5 Å². The molecule has 0 fully saturated rings. The molecular formula is C24H30F5N5O4S. The highest BCUT2D eigenvalue weighted by molar-refractivity contribution is 7.15. The Labute approximate surface area is 225 Å². The van der Waals surface area contributed by atoms with Gasteiger partial charge in [-0.25, -0.2) is 4.79 Å². The van der Waals surface area contributed by atoms with Crippen LogP contribution in [0.5, 0.6) is 0 Å². The summed E-state index contributed by atoms with van der Waals surface area (Å²) in [7, 11) is 1.31. The number of carboxylic acids is 1. The molecule has 2 aromatic rings. The number of rotatable bonds is 10. The molecule has 0 bridgehead atoms. The van der Waals surface area contributed by atoms with Crippen molar-refractivity contribution in [3.63, 3.8) is 0 Å². The van der Waals surface area contributed by atoms with Gasteiger partial charge >= 0.3 is 18.1 Å². The fourth-order valence-electron chi connectivity index (χ4n) is 2.64. The molecule has 0 radical (unpaired) electrons. The number of amides is 2. The smallest absolute Gasteiger partial charge is 0.445 e. The molecule has 0 spiro atoms. The van der Waals surface area contributed by atoms with Gasteiger partial charge in [-0.1, -0.05) is 61.6 Å². The fourth-order valence-corrected chi connectivity index (χ4v) is 3.31. The standard InChI is InChI=1S/C21H26F3N5O2S.C3H4F2O2/c1-13(2)17(25)18(31)26-15(10-9-14-7-5-4-6-8-14)11-12-16(30)29(3)20-28-27-19(32-20)21(22,23)24;1-3(4,5)2(6)7/h4-8,11-13,15,17H,9-10,25H2,1-3H3,(H,26,31);1H3,(H,6,7)/b12-11+;/t15-,17?;/m0./s1. The van der Waals surface area contributed by atoms with E-state index in [1.54, 1.807) is 0 Å². The van der Waals surface area contributed by atoms with Gasteiger partial charge in [0.05, 0.1) is 6.04 Å². The highest BCUT2D eigenvalue weighted by Crippen LogP contribution is 2.34. The second-order valence-corrected chi connectivity index (χ2v) is 9.70. The molecule has 0 aliphatic carbocycles. The quantitative estimate of drug-likeness (QED) is 0.287. The number of nitrogens with two attached hydrogens (primary N) is 1. The number of hydrogen-bond donors (Lipinski definition) is 3. The van der Waals surface area contributed by atoms with Crippen LogP contribution in [0.2, 0.25) is 0 Å². The first-order chi connectivity index (χ1) is 17.9. The Hall–Kier alpha value is -3.46. The summed E-state index contributed by atoms with van der Waals surface area (Å²) in [6, 6.07) is 8.42. The lowest BCUT2D eigenvalue weighted by Crippen LogP contribution is -2.47. The number of nitrogens with one attached hydrogen (secondary N) is 1. The summed E-state index contributed by atoms with van der Waals surface area (Å²) in [4.78, 5) is 35.1. The lowest BCUT2D eigenvalue weighted by atomic mass is 10.0. The van der Waals surface area contributed by atoms with Gasteiger partial charge in [-0.3, -0.25) is 14.5 Å². The third-order valence-electron chi connectivity index (χ3n) is 5.06. The van der Waals surface area contributed by atoms with Crippen LogP contribution < -0.4 is 16.0 Å². The largest absolute Gasteiger partial charge is 0.477 e. The molecule has 0 saturated carbocycles. The summed E-state index contributed by atoms with van der Waals surface area (Å²) in [6.07, 6.45) is -0.769. The van der Waals surface area contributed by atoms with Crippen LogP contribution in [0.3, 0.4) is 0 Å². The highest BCUT2D eigenvalue weighted by Gasteiger charge is 2.36. The topological polar surface area (TPSA) is 139 Å². The first kappa shape index (κ1) is 33.6. The fraction of sp³-hybridized carbons (Fsp3) is 0.458. The average molecular weight is 580 g/mol. The summed E-state index contributed by atoms with van der Waals surface area (Å²) in [5, 5.41) is 15.5. The highest BCUT2D eigenvalue weighted by atomic mass is 32.1. The van der Waals surface area contributed by atoms with Crippen LogP contribution in [-0.2, 0) is 27.0 Å². The maximum absolute atomic E-state index is 12.7. The van der Waals surface area contributed by atoms with Gasteiger partial charge in [-0.2, -0.15) is 22.0 Å². The Morgan fingerprint density at radius 3 is 2.15 bits per heavy atom. The molecule has 1 aromatic carbocycles. The lowest BCUT2D eigenvalue weighted by molar-refractivity contribution is -0.162. The average Bonchev–Trinajstić information content (AvgIpc) is 3.36. The number of aryl methyl sites for hydroxylation is 1. The summed E-state index contributed by atoms with van der Waals surface area (Å²) < 4.78 is 60.7. The number of carboxylic acid groups (broad SMARTS) is 1. The normalized spacial score (nSPS) is 13.4. The van der Waals surface area contributed by atoms with E-state index in [9.17, 15) is 36.3 Å². The van der Waals surface area contributed by atoms with Crippen molar-refractivity contribution in [1.82, 2.24) is 15.5 Å².